The average Bonchev–Trinajstić information content (AvgIpc) is 3.43. The number of carbonyl (C=O) groups excluding carboxylic acids is 2. The third kappa shape index (κ3) is 5.42. The second-order valence-electron chi connectivity index (χ2n) is 8.67. The molecule has 2 amide bonds. The van der Waals surface area contributed by atoms with Crippen molar-refractivity contribution in [2.24, 2.45) is 5.92 Å². The lowest BCUT2D eigenvalue weighted by atomic mass is 9.88. The van der Waals surface area contributed by atoms with Crippen LogP contribution in [-0.4, -0.2) is 40.1 Å². The van der Waals surface area contributed by atoms with Crippen molar-refractivity contribution < 1.29 is 14.3 Å². The minimum atomic E-state index is -0.234. The Morgan fingerprint density at radius 2 is 2.06 bits per heavy atom. The van der Waals surface area contributed by atoms with Gasteiger partial charge in [-0.3, -0.25) is 9.59 Å². The standard InChI is InChI=1S/C24H31N5O3S/c1-15-13-33-24(26-15)16(2)27-23(31)19-11-18(28-22(30)17-7-5-4-6-8-17)12-20-21(19)29(14-25-20)9-10-32-3/h11-14,16-17H,4-10H2,1-3H3,(H,27,31)(H,28,30). The van der Waals surface area contributed by atoms with Crippen molar-refractivity contribution in [1.29, 1.82) is 0 Å². The molecule has 1 saturated carbocycles. The number of ether oxygens (including phenoxy) is 1. The number of methoxy groups -OCH3 is 1. The van der Waals surface area contributed by atoms with E-state index >= 15 is 0 Å². The number of anilines is 1. The molecular formula is C24H31N5O3S. The fourth-order valence-electron chi connectivity index (χ4n) is 4.33. The van der Waals surface area contributed by atoms with Crippen molar-refractivity contribution in [2.45, 2.75) is 58.5 Å². The maximum absolute atomic E-state index is 13.4. The van der Waals surface area contributed by atoms with Gasteiger partial charge in [-0.05, 0) is 38.8 Å². The Hall–Kier alpha value is -2.78. The maximum atomic E-state index is 13.4. The van der Waals surface area contributed by atoms with Crippen LogP contribution in [0.15, 0.2) is 23.8 Å². The second kappa shape index (κ2) is 10.4. The third-order valence-corrected chi connectivity index (χ3v) is 7.24. The molecule has 33 heavy (non-hydrogen) atoms. The van der Waals surface area contributed by atoms with Crippen LogP contribution in [0, 0.1) is 12.8 Å². The highest BCUT2D eigenvalue weighted by atomic mass is 32.1. The summed E-state index contributed by atoms with van der Waals surface area (Å²) in [5.74, 6) is -0.182. The lowest BCUT2D eigenvalue weighted by molar-refractivity contribution is -0.120. The quantitative estimate of drug-likeness (QED) is 0.508. The number of benzene rings is 1. The van der Waals surface area contributed by atoms with Gasteiger partial charge < -0.3 is 19.9 Å². The number of rotatable bonds is 8. The summed E-state index contributed by atoms with van der Waals surface area (Å²) in [4.78, 5) is 35.2. The molecule has 2 heterocycles. The number of carbonyl (C=O) groups is 2. The summed E-state index contributed by atoms with van der Waals surface area (Å²) in [5.41, 5.74) is 3.39. The summed E-state index contributed by atoms with van der Waals surface area (Å²) in [6.45, 7) is 4.93. The molecule has 1 aliphatic carbocycles. The molecule has 4 rings (SSSR count). The zero-order valence-electron chi connectivity index (χ0n) is 19.4. The van der Waals surface area contributed by atoms with E-state index in [2.05, 4.69) is 20.6 Å². The molecule has 0 spiro atoms. The van der Waals surface area contributed by atoms with Crippen LogP contribution in [0.5, 0.6) is 0 Å². The molecule has 1 fully saturated rings. The van der Waals surface area contributed by atoms with Crippen molar-refractivity contribution in [3.63, 3.8) is 0 Å². The first kappa shape index (κ1) is 23.4. The number of hydrogen-bond acceptors (Lipinski definition) is 6. The fraction of sp³-hybridized carbons (Fsp3) is 0.500. The van der Waals surface area contributed by atoms with E-state index in [-0.39, 0.29) is 23.8 Å². The molecule has 0 aliphatic heterocycles. The molecule has 9 heteroatoms. The highest BCUT2D eigenvalue weighted by Gasteiger charge is 2.23. The zero-order valence-corrected chi connectivity index (χ0v) is 20.2. The van der Waals surface area contributed by atoms with E-state index in [1.165, 1.54) is 17.8 Å². The third-order valence-electron chi connectivity index (χ3n) is 6.09. The highest BCUT2D eigenvalue weighted by Crippen LogP contribution is 2.28. The summed E-state index contributed by atoms with van der Waals surface area (Å²) in [5, 5.41) is 8.92. The monoisotopic (exact) mass is 469 g/mol. The van der Waals surface area contributed by atoms with Crippen LogP contribution < -0.4 is 10.6 Å². The Bertz CT molecular complexity index is 1130. The van der Waals surface area contributed by atoms with Gasteiger partial charge in [0.2, 0.25) is 5.91 Å². The minimum absolute atomic E-state index is 0.0193. The van der Waals surface area contributed by atoms with Gasteiger partial charge in [0.1, 0.15) is 5.01 Å². The number of imidazole rings is 1. The summed E-state index contributed by atoms with van der Waals surface area (Å²) in [7, 11) is 1.64. The van der Waals surface area contributed by atoms with E-state index in [0.717, 1.165) is 41.9 Å². The summed E-state index contributed by atoms with van der Waals surface area (Å²) in [6.07, 6.45) is 6.90. The van der Waals surface area contributed by atoms with Crippen molar-refractivity contribution in [3.05, 3.63) is 40.1 Å². The Labute approximate surface area is 197 Å². The van der Waals surface area contributed by atoms with Crippen LogP contribution in [0.4, 0.5) is 5.69 Å². The molecule has 1 aromatic carbocycles. The van der Waals surface area contributed by atoms with Crippen LogP contribution >= 0.6 is 11.3 Å². The molecule has 0 bridgehead atoms. The van der Waals surface area contributed by atoms with Crippen LogP contribution in [-0.2, 0) is 16.1 Å². The molecule has 176 valence electrons. The Kier molecular flexibility index (Phi) is 7.39. The molecule has 1 aliphatic rings. The summed E-state index contributed by atoms with van der Waals surface area (Å²) >= 11 is 1.52. The van der Waals surface area contributed by atoms with Gasteiger partial charge in [0, 0.05) is 36.3 Å². The number of thiazole rings is 1. The van der Waals surface area contributed by atoms with E-state index in [0.29, 0.717) is 29.9 Å². The lowest BCUT2D eigenvalue weighted by Crippen LogP contribution is -2.28. The Morgan fingerprint density at radius 3 is 2.76 bits per heavy atom. The van der Waals surface area contributed by atoms with E-state index < -0.39 is 0 Å². The molecule has 8 nitrogen and oxygen atoms in total. The molecule has 3 aromatic rings. The first-order chi connectivity index (χ1) is 16.0. The van der Waals surface area contributed by atoms with Gasteiger partial charge in [-0.15, -0.1) is 11.3 Å². The van der Waals surface area contributed by atoms with Crippen molar-refractivity contribution in [3.8, 4) is 0 Å². The first-order valence-electron chi connectivity index (χ1n) is 11.5. The number of aromatic nitrogens is 3. The molecular weight excluding hydrogens is 438 g/mol. The number of nitrogens with zero attached hydrogens (tertiary/aromatic N) is 3. The topological polar surface area (TPSA) is 98.1 Å². The van der Waals surface area contributed by atoms with Gasteiger partial charge >= 0.3 is 0 Å². The van der Waals surface area contributed by atoms with Gasteiger partial charge in [-0.2, -0.15) is 0 Å². The predicted octanol–water partition coefficient (Wildman–Crippen LogP) is 4.46. The average molecular weight is 470 g/mol. The van der Waals surface area contributed by atoms with Crippen LogP contribution in [0.25, 0.3) is 11.0 Å². The Morgan fingerprint density at radius 1 is 1.27 bits per heavy atom. The SMILES string of the molecule is COCCn1cnc2cc(NC(=O)C3CCCCC3)cc(C(=O)NC(C)c3nc(C)cs3)c21. The number of hydrogen-bond donors (Lipinski definition) is 2. The number of fused-ring (bicyclic) bond motifs is 1. The molecule has 0 saturated heterocycles. The minimum Gasteiger partial charge on any atom is -0.383 e. The number of aryl methyl sites for hydroxylation is 1. The van der Waals surface area contributed by atoms with Crippen LogP contribution in [0.2, 0.25) is 0 Å². The normalized spacial score (nSPS) is 15.5. The van der Waals surface area contributed by atoms with Gasteiger partial charge in [0.25, 0.3) is 5.91 Å². The van der Waals surface area contributed by atoms with Crippen molar-refractivity contribution in [2.75, 3.05) is 19.0 Å². The molecule has 2 N–H and O–H groups in total. The number of nitrogens with one attached hydrogen (secondary N) is 2. The van der Waals surface area contributed by atoms with Crippen molar-refractivity contribution >= 4 is 39.9 Å². The summed E-state index contributed by atoms with van der Waals surface area (Å²) < 4.78 is 7.13. The van der Waals surface area contributed by atoms with E-state index in [1.807, 2.05) is 29.9 Å². The maximum Gasteiger partial charge on any atom is 0.254 e. The highest BCUT2D eigenvalue weighted by molar-refractivity contribution is 7.09. The molecule has 1 atom stereocenters. The first-order valence-corrected chi connectivity index (χ1v) is 12.4. The molecule has 0 radical (unpaired) electrons. The van der Waals surface area contributed by atoms with E-state index in [9.17, 15) is 9.59 Å². The molecule has 1 unspecified atom stereocenters. The summed E-state index contributed by atoms with van der Waals surface area (Å²) in [6, 6.07) is 3.36. The van der Waals surface area contributed by atoms with E-state index in [1.54, 1.807) is 19.5 Å². The van der Waals surface area contributed by atoms with Gasteiger partial charge in [-0.1, -0.05) is 19.3 Å². The fourth-order valence-corrected chi connectivity index (χ4v) is 5.13. The van der Waals surface area contributed by atoms with Crippen LogP contribution in [0.1, 0.15) is 66.1 Å². The second-order valence-corrected chi connectivity index (χ2v) is 9.56. The van der Waals surface area contributed by atoms with Gasteiger partial charge in [0.15, 0.2) is 0 Å². The van der Waals surface area contributed by atoms with Crippen molar-refractivity contribution in [1.82, 2.24) is 19.9 Å². The van der Waals surface area contributed by atoms with Gasteiger partial charge in [0.05, 0.1) is 35.6 Å². The molecule has 2 aromatic heterocycles. The predicted molar refractivity (Wildman–Crippen MR) is 130 cm³/mol. The zero-order chi connectivity index (χ0) is 23.4. The lowest BCUT2D eigenvalue weighted by Gasteiger charge is -2.21. The smallest absolute Gasteiger partial charge is 0.254 e. The van der Waals surface area contributed by atoms with E-state index in [4.69, 9.17) is 4.74 Å². The largest absolute Gasteiger partial charge is 0.383 e. The van der Waals surface area contributed by atoms with Crippen LogP contribution in [0.3, 0.4) is 0 Å². The van der Waals surface area contributed by atoms with Gasteiger partial charge in [-0.25, -0.2) is 9.97 Å². The number of amides is 2. The Balaban J connectivity index is 1.64.